The summed E-state index contributed by atoms with van der Waals surface area (Å²) in [6, 6.07) is 10.9. The van der Waals surface area contributed by atoms with E-state index in [1.807, 2.05) is 0 Å². The van der Waals surface area contributed by atoms with Crippen molar-refractivity contribution in [3.05, 3.63) is 81.9 Å². The van der Waals surface area contributed by atoms with E-state index in [0.717, 1.165) is 11.8 Å². The molecule has 140 valence electrons. The number of rotatable bonds is 4. The maximum Gasteiger partial charge on any atom is 0.399 e. The summed E-state index contributed by atoms with van der Waals surface area (Å²) in [7, 11) is 0. The number of allylic oxidation sites excluding steroid dienone is 1. The Bertz CT molecular complexity index is 943. The molecule has 0 radical (unpaired) electrons. The Labute approximate surface area is 164 Å². The van der Waals surface area contributed by atoms with Gasteiger partial charge in [0.1, 0.15) is 12.2 Å². The van der Waals surface area contributed by atoms with Gasteiger partial charge >= 0.3 is 6.18 Å². The van der Waals surface area contributed by atoms with Gasteiger partial charge in [0, 0.05) is 10.0 Å². The molecule has 27 heavy (non-hydrogen) atoms. The van der Waals surface area contributed by atoms with Gasteiger partial charge in [0.15, 0.2) is 0 Å². The number of aryl methyl sites for hydroxylation is 1. The molecule has 0 bridgehead atoms. The van der Waals surface area contributed by atoms with Crippen LogP contribution in [0.2, 0.25) is 10.0 Å². The summed E-state index contributed by atoms with van der Waals surface area (Å²) < 4.78 is 42.1. The number of nitrogens with zero attached hydrogens (tertiary/aromatic N) is 3. The lowest BCUT2D eigenvalue weighted by atomic mass is 9.97. The first-order chi connectivity index (χ1) is 12.7. The zero-order valence-electron chi connectivity index (χ0n) is 14.1. The van der Waals surface area contributed by atoms with Crippen molar-refractivity contribution in [1.82, 2.24) is 14.8 Å². The van der Waals surface area contributed by atoms with Crippen LogP contribution >= 0.6 is 23.2 Å². The van der Waals surface area contributed by atoms with E-state index in [4.69, 9.17) is 23.2 Å². The van der Waals surface area contributed by atoms with Gasteiger partial charge in [-0.15, -0.1) is 0 Å². The lowest BCUT2D eigenvalue weighted by Crippen LogP contribution is -2.18. The number of hydrogen-bond acceptors (Lipinski definition) is 2. The quantitative estimate of drug-likeness (QED) is 0.508. The largest absolute Gasteiger partial charge is 0.399 e. The third-order valence-corrected chi connectivity index (χ3v) is 4.28. The molecule has 0 fully saturated rings. The third-order valence-electron chi connectivity index (χ3n) is 3.84. The molecular weight excluding hydrogens is 398 g/mol. The molecule has 0 aliphatic carbocycles. The maximum atomic E-state index is 13.5. The number of alkyl halides is 3. The number of halogens is 5. The Kier molecular flexibility index (Phi) is 5.58. The Balaban J connectivity index is 1.86. The van der Waals surface area contributed by atoms with Crippen LogP contribution in [0.3, 0.4) is 0 Å². The summed E-state index contributed by atoms with van der Waals surface area (Å²) in [6.07, 6.45) is -0.384. The smallest absolute Gasteiger partial charge is 0.221 e. The van der Waals surface area contributed by atoms with Crippen LogP contribution in [0.4, 0.5) is 13.2 Å². The number of hydrogen-bond donors (Lipinski definition) is 0. The highest BCUT2D eigenvalue weighted by atomic mass is 35.5. The van der Waals surface area contributed by atoms with Gasteiger partial charge in [-0.2, -0.15) is 18.3 Å². The van der Waals surface area contributed by atoms with E-state index in [-0.39, 0.29) is 15.6 Å². The van der Waals surface area contributed by atoms with E-state index in [1.165, 1.54) is 24.3 Å². The Morgan fingerprint density at radius 1 is 1.04 bits per heavy atom. The third kappa shape index (κ3) is 4.90. The summed E-state index contributed by atoms with van der Waals surface area (Å²) in [6.45, 7) is 1.77. The first kappa shape index (κ1) is 19.5. The standard InChI is InChI=1S/C19H14Cl2F3N3/c1-12-25-11-27(26-12)17-5-2-13(3-6-17)4-7-18(19(22,23)24)14-8-15(20)10-16(21)9-14/h2-11,18H,1H3/b7-4+. The molecule has 0 saturated heterocycles. The van der Waals surface area contributed by atoms with Crippen molar-refractivity contribution in [2.75, 3.05) is 0 Å². The van der Waals surface area contributed by atoms with E-state index >= 15 is 0 Å². The highest BCUT2D eigenvalue weighted by Gasteiger charge is 2.39. The molecule has 1 aromatic heterocycles. The summed E-state index contributed by atoms with van der Waals surface area (Å²) >= 11 is 11.7. The molecule has 0 spiro atoms. The second kappa shape index (κ2) is 7.74. The highest BCUT2D eigenvalue weighted by molar-refractivity contribution is 6.34. The molecule has 8 heteroatoms. The van der Waals surface area contributed by atoms with Gasteiger partial charge in [-0.05, 0) is 48.4 Å². The summed E-state index contributed by atoms with van der Waals surface area (Å²) in [5, 5.41) is 4.51. The average Bonchev–Trinajstić information content (AvgIpc) is 3.00. The van der Waals surface area contributed by atoms with Gasteiger partial charge in [0.05, 0.1) is 11.6 Å². The van der Waals surface area contributed by atoms with E-state index in [0.29, 0.717) is 11.4 Å². The molecule has 0 amide bonds. The van der Waals surface area contributed by atoms with Crippen LogP contribution in [0, 0.1) is 6.92 Å². The van der Waals surface area contributed by atoms with Gasteiger partial charge in [-0.25, -0.2) is 9.67 Å². The van der Waals surface area contributed by atoms with Crippen molar-refractivity contribution in [3.8, 4) is 5.69 Å². The molecule has 3 rings (SSSR count). The van der Waals surface area contributed by atoms with Crippen LogP contribution < -0.4 is 0 Å². The molecule has 3 nitrogen and oxygen atoms in total. The van der Waals surface area contributed by atoms with Crippen molar-refractivity contribution in [2.45, 2.75) is 19.0 Å². The predicted molar refractivity (Wildman–Crippen MR) is 100 cm³/mol. The first-order valence-electron chi connectivity index (χ1n) is 7.92. The topological polar surface area (TPSA) is 30.7 Å². The van der Waals surface area contributed by atoms with Crippen LogP contribution in [0.15, 0.2) is 54.9 Å². The van der Waals surface area contributed by atoms with Crippen LogP contribution in [-0.2, 0) is 0 Å². The normalized spacial score (nSPS) is 13.3. The molecular formula is C19H14Cl2F3N3. The minimum Gasteiger partial charge on any atom is -0.221 e. The fraction of sp³-hybridized carbons (Fsp3) is 0.158. The molecule has 3 aromatic rings. The van der Waals surface area contributed by atoms with Crippen molar-refractivity contribution in [2.24, 2.45) is 0 Å². The molecule has 0 N–H and O–H groups in total. The minimum absolute atomic E-state index is 0.00837. The molecule has 1 atom stereocenters. The second-order valence-corrected chi connectivity index (χ2v) is 6.78. The number of benzene rings is 2. The van der Waals surface area contributed by atoms with Gasteiger partial charge in [0.2, 0.25) is 0 Å². The van der Waals surface area contributed by atoms with Crippen molar-refractivity contribution in [3.63, 3.8) is 0 Å². The van der Waals surface area contributed by atoms with Gasteiger partial charge in [-0.1, -0.05) is 47.5 Å². The fourth-order valence-electron chi connectivity index (χ4n) is 2.58. The minimum atomic E-state index is -4.47. The van der Waals surface area contributed by atoms with Gasteiger partial charge in [-0.3, -0.25) is 0 Å². The Hall–Kier alpha value is -2.31. The lowest BCUT2D eigenvalue weighted by molar-refractivity contribution is -0.139. The number of aromatic nitrogens is 3. The maximum absolute atomic E-state index is 13.5. The van der Waals surface area contributed by atoms with Gasteiger partial charge < -0.3 is 0 Å². The van der Waals surface area contributed by atoms with Gasteiger partial charge in [0.25, 0.3) is 0 Å². The first-order valence-corrected chi connectivity index (χ1v) is 8.67. The second-order valence-electron chi connectivity index (χ2n) is 5.91. The lowest BCUT2D eigenvalue weighted by Gasteiger charge is -2.18. The average molecular weight is 412 g/mol. The van der Waals surface area contributed by atoms with Crippen LogP contribution in [-0.4, -0.2) is 20.9 Å². The summed E-state index contributed by atoms with van der Waals surface area (Å²) in [5.74, 6) is -1.18. The molecule has 0 aliphatic rings. The molecule has 0 aliphatic heterocycles. The Morgan fingerprint density at radius 2 is 1.67 bits per heavy atom. The molecule has 0 saturated carbocycles. The van der Waals surface area contributed by atoms with Crippen LogP contribution in [0.1, 0.15) is 22.9 Å². The van der Waals surface area contributed by atoms with Crippen LogP contribution in [0.25, 0.3) is 11.8 Å². The van der Waals surface area contributed by atoms with Crippen molar-refractivity contribution >= 4 is 29.3 Å². The SMILES string of the molecule is Cc1ncn(-c2ccc(/C=C/C(c3cc(Cl)cc(Cl)c3)C(F)(F)F)cc2)n1. The molecule has 2 aromatic carbocycles. The highest BCUT2D eigenvalue weighted by Crippen LogP contribution is 2.38. The fourth-order valence-corrected chi connectivity index (χ4v) is 3.12. The summed E-state index contributed by atoms with van der Waals surface area (Å²) in [4.78, 5) is 4.04. The molecule has 1 heterocycles. The zero-order chi connectivity index (χ0) is 19.6. The van der Waals surface area contributed by atoms with E-state index < -0.39 is 12.1 Å². The predicted octanol–water partition coefficient (Wildman–Crippen LogP) is 6.24. The monoisotopic (exact) mass is 411 g/mol. The van der Waals surface area contributed by atoms with Crippen molar-refractivity contribution in [1.29, 1.82) is 0 Å². The zero-order valence-corrected chi connectivity index (χ0v) is 15.6. The Morgan fingerprint density at radius 3 is 2.19 bits per heavy atom. The van der Waals surface area contributed by atoms with Crippen molar-refractivity contribution < 1.29 is 13.2 Å². The molecule has 1 unspecified atom stereocenters. The van der Waals surface area contributed by atoms with E-state index in [2.05, 4.69) is 10.1 Å². The van der Waals surface area contributed by atoms with E-state index in [9.17, 15) is 13.2 Å². The summed E-state index contributed by atoms with van der Waals surface area (Å²) in [5.41, 5.74) is 1.38. The van der Waals surface area contributed by atoms with E-state index in [1.54, 1.807) is 42.2 Å². The van der Waals surface area contributed by atoms with Crippen LogP contribution in [0.5, 0.6) is 0 Å².